The summed E-state index contributed by atoms with van der Waals surface area (Å²) >= 11 is 3.21. The van der Waals surface area contributed by atoms with Crippen LogP contribution in [0.15, 0.2) is 42.5 Å². The summed E-state index contributed by atoms with van der Waals surface area (Å²) in [6.07, 6.45) is 0. The first kappa shape index (κ1) is 22.7. The molecule has 0 bridgehead atoms. The molecule has 2 aromatic carbocycles. The molecular weight excluding hydrogens is 470 g/mol. The van der Waals surface area contributed by atoms with E-state index in [9.17, 15) is 9.59 Å². The molecule has 0 saturated carbocycles. The molecule has 1 aromatic heterocycles. The van der Waals surface area contributed by atoms with Gasteiger partial charge in [-0.25, -0.2) is 4.98 Å². The molecule has 1 saturated heterocycles. The molecule has 2 aliphatic rings. The van der Waals surface area contributed by atoms with Gasteiger partial charge in [0.2, 0.25) is 0 Å². The Morgan fingerprint density at radius 1 is 1.15 bits per heavy atom. The molecule has 0 unspecified atom stereocenters. The van der Waals surface area contributed by atoms with Gasteiger partial charge in [0.05, 0.1) is 27.4 Å². The van der Waals surface area contributed by atoms with Crippen LogP contribution in [0.5, 0.6) is 11.5 Å². The number of ether oxygens (including phenoxy) is 2. The first-order chi connectivity index (χ1) is 16.5. The molecular formula is C25H25N3O4S2. The zero-order valence-electron chi connectivity index (χ0n) is 19.0. The van der Waals surface area contributed by atoms with Gasteiger partial charge in [0, 0.05) is 12.3 Å². The third kappa shape index (κ3) is 4.50. The lowest BCUT2D eigenvalue weighted by atomic mass is 10.1. The van der Waals surface area contributed by atoms with Crippen LogP contribution in [-0.2, 0) is 0 Å². The van der Waals surface area contributed by atoms with Crippen molar-refractivity contribution in [2.75, 3.05) is 31.4 Å². The van der Waals surface area contributed by atoms with Gasteiger partial charge in [-0.3, -0.25) is 9.59 Å². The van der Waals surface area contributed by atoms with Crippen molar-refractivity contribution in [3.63, 3.8) is 0 Å². The number of para-hydroxylation sites is 1. The number of nitrogens with one attached hydrogen (secondary N) is 1. The number of nitrogens with zero attached hydrogens (tertiary/aromatic N) is 2. The fourth-order valence-electron chi connectivity index (χ4n) is 4.12. The number of amides is 2. The molecule has 5 rings (SSSR count). The molecule has 0 aliphatic carbocycles. The lowest BCUT2D eigenvalue weighted by Gasteiger charge is -2.24. The highest BCUT2D eigenvalue weighted by Gasteiger charge is 2.33. The van der Waals surface area contributed by atoms with Crippen LogP contribution in [0.2, 0.25) is 0 Å². The van der Waals surface area contributed by atoms with Crippen LogP contribution in [0.25, 0.3) is 10.4 Å². The summed E-state index contributed by atoms with van der Waals surface area (Å²) in [5, 5.41) is 3.84. The third-order valence-electron chi connectivity index (χ3n) is 5.77. The van der Waals surface area contributed by atoms with Crippen LogP contribution in [0, 0.1) is 13.8 Å². The highest BCUT2D eigenvalue weighted by molar-refractivity contribution is 7.99. The van der Waals surface area contributed by atoms with E-state index in [0.29, 0.717) is 48.4 Å². The quantitative estimate of drug-likeness (QED) is 0.573. The third-order valence-corrected chi connectivity index (χ3v) is 7.87. The Bertz CT molecular complexity index is 1240. The molecule has 2 amide bonds. The van der Waals surface area contributed by atoms with E-state index in [1.165, 1.54) is 11.3 Å². The van der Waals surface area contributed by atoms with E-state index in [4.69, 9.17) is 9.47 Å². The summed E-state index contributed by atoms with van der Waals surface area (Å²) < 4.78 is 11.2. The largest absolute Gasteiger partial charge is 0.486 e. The molecule has 0 radical (unpaired) electrons. The van der Waals surface area contributed by atoms with Gasteiger partial charge in [0.15, 0.2) is 11.5 Å². The Kier molecular flexibility index (Phi) is 6.47. The van der Waals surface area contributed by atoms with Crippen LogP contribution < -0.4 is 14.8 Å². The fourth-order valence-corrected chi connectivity index (χ4v) is 6.23. The second-order valence-electron chi connectivity index (χ2n) is 8.25. The zero-order chi connectivity index (χ0) is 23.7. The normalized spacial score (nSPS) is 17.0. The van der Waals surface area contributed by atoms with E-state index in [1.54, 1.807) is 30.0 Å². The van der Waals surface area contributed by atoms with Gasteiger partial charge < -0.3 is 19.7 Å². The minimum absolute atomic E-state index is 0.0982. The number of hydrogen-bond donors (Lipinski definition) is 1. The van der Waals surface area contributed by atoms with Gasteiger partial charge in [-0.15, -0.1) is 23.1 Å². The molecule has 7 nitrogen and oxygen atoms in total. The van der Waals surface area contributed by atoms with Crippen LogP contribution in [0.3, 0.4) is 0 Å². The van der Waals surface area contributed by atoms with Crippen LogP contribution in [-0.4, -0.2) is 59.1 Å². The number of benzene rings is 2. The molecule has 1 fully saturated rings. The standard InChI is InChI=1S/C25H25N3O4S2/c1-15-5-3-6-17(11-15)23-21(27-16(2)34-23)25(30)28-14-33-13-18(28)12-26-24(29)19-7-4-8-20-22(19)32-10-9-31-20/h3-8,11,18H,9-10,12-14H2,1-2H3,(H,26,29)/t18-/m1/s1. The summed E-state index contributed by atoms with van der Waals surface area (Å²) in [5.41, 5.74) is 3.06. The Labute approximate surface area is 206 Å². The molecule has 9 heteroatoms. The number of fused-ring (bicyclic) bond motifs is 1. The monoisotopic (exact) mass is 495 g/mol. The van der Waals surface area contributed by atoms with Crippen LogP contribution in [0.1, 0.15) is 31.4 Å². The zero-order valence-corrected chi connectivity index (χ0v) is 20.6. The van der Waals surface area contributed by atoms with Gasteiger partial charge in [0.25, 0.3) is 11.8 Å². The number of hydrogen-bond acceptors (Lipinski definition) is 7. The van der Waals surface area contributed by atoms with Crippen molar-refractivity contribution in [2.24, 2.45) is 0 Å². The molecule has 1 atom stereocenters. The summed E-state index contributed by atoms with van der Waals surface area (Å²) in [6, 6.07) is 13.3. The maximum atomic E-state index is 13.6. The summed E-state index contributed by atoms with van der Waals surface area (Å²) in [6.45, 7) is 5.19. The van der Waals surface area contributed by atoms with E-state index in [-0.39, 0.29) is 17.9 Å². The predicted octanol–water partition coefficient (Wildman–Crippen LogP) is 4.14. The van der Waals surface area contributed by atoms with E-state index in [2.05, 4.69) is 16.4 Å². The van der Waals surface area contributed by atoms with Gasteiger partial charge >= 0.3 is 0 Å². The second kappa shape index (κ2) is 9.68. The van der Waals surface area contributed by atoms with E-state index >= 15 is 0 Å². The average Bonchev–Trinajstić information content (AvgIpc) is 3.48. The molecule has 34 heavy (non-hydrogen) atoms. The van der Waals surface area contributed by atoms with Crippen molar-refractivity contribution in [3.8, 4) is 21.9 Å². The van der Waals surface area contributed by atoms with E-state index in [1.807, 2.05) is 36.9 Å². The average molecular weight is 496 g/mol. The van der Waals surface area contributed by atoms with Gasteiger partial charge in [-0.05, 0) is 31.5 Å². The number of thiazole rings is 1. The summed E-state index contributed by atoms with van der Waals surface area (Å²) in [7, 11) is 0. The SMILES string of the molecule is Cc1cccc(-c2sc(C)nc2C(=O)N2CSC[C@H]2CNC(=O)c2cccc3c2OCCO3)c1. The summed E-state index contributed by atoms with van der Waals surface area (Å²) in [4.78, 5) is 33.8. The second-order valence-corrected chi connectivity index (χ2v) is 10.5. The Morgan fingerprint density at radius 2 is 1.97 bits per heavy atom. The number of aromatic nitrogens is 1. The van der Waals surface area contributed by atoms with Crippen molar-refractivity contribution in [1.82, 2.24) is 15.2 Å². The molecule has 1 N–H and O–H groups in total. The first-order valence-corrected chi connectivity index (χ1v) is 13.1. The lowest BCUT2D eigenvalue weighted by Crippen LogP contribution is -2.44. The highest BCUT2D eigenvalue weighted by Crippen LogP contribution is 2.35. The predicted molar refractivity (Wildman–Crippen MR) is 134 cm³/mol. The number of rotatable bonds is 5. The Hall–Kier alpha value is -3.04. The van der Waals surface area contributed by atoms with Crippen molar-refractivity contribution in [1.29, 1.82) is 0 Å². The van der Waals surface area contributed by atoms with Crippen molar-refractivity contribution < 1.29 is 19.1 Å². The number of carbonyl (C=O) groups excluding carboxylic acids is 2. The topological polar surface area (TPSA) is 80.8 Å². The Balaban J connectivity index is 1.32. The maximum Gasteiger partial charge on any atom is 0.275 e. The molecule has 3 aromatic rings. The van der Waals surface area contributed by atoms with Crippen molar-refractivity contribution >= 4 is 34.9 Å². The molecule has 176 valence electrons. The number of aryl methyl sites for hydroxylation is 2. The van der Waals surface area contributed by atoms with Crippen LogP contribution in [0.4, 0.5) is 0 Å². The number of carbonyl (C=O) groups is 2. The van der Waals surface area contributed by atoms with Crippen LogP contribution >= 0.6 is 23.1 Å². The Morgan fingerprint density at radius 3 is 2.82 bits per heavy atom. The van der Waals surface area contributed by atoms with Gasteiger partial charge in [-0.1, -0.05) is 35.9 Å². The maximum absolute atomic E-state index is 13.6. The number of thioether (sulfide) groups is 1. The molecule has 2 aliphatic heterocycles. The van der Waals surface area contributed by atoms with Crippen molar-refractivity contribution in [3.05, 3.63) is 64.3 Å². The lowest BCUT2D eigenvalue weighted by molar-refractivity contribution is 0.0731. The minimum Gasteiger partial charge on any atom is -0.486 e. The first-order valence-electron chi connectivity index (χ1n) is 11.1. The van der Waals surface area contributed by atoms with E-state index in [0.717, 1.165) is 26.8 Å². The van der Waals surface area contributed by atoms with Gasteiger partial charge in [0.1, 0.15) is 18.9 Å². The fraction of sp³-hybridized carbons (Fsp3) is 0.320. The molecule has 3 heterocycles. The smallest absolute Gasteiger partial charge is 0.275 e. The molecule has 0 spiro atoms. The highest BCUT2D eigenvalue weighted by atomic mass is 32.2. The van der Waals surface area contributed by atoms with Gasteiger partial charge in [-0.2, -0.15) is 0 Å². The van der Waals surface area contributed by atoms with Crippen molar-refractivity contribution in [2.45, 2.75) is 19.9 Å². The van der Waals surface area contributed by atoms with E-state index < -0.39 is 0 Å². The minimum atomic E-state index is -0.239. The summed E-state index contributed by atoms with van der Waals surface area (Å²) in [5.74, 6) is 2.04.